The molecule has 1 aliphatic rings. The Morgan fingerprint density at radius 2 is 2.17 bits per heavy atom. The third-order valence-electron chi connectivity index (χ3n) is 3.04. The van der Waals surface area contributed by atoms with Crippen LogP contribution in [0.4, 0.5) is 5.69 Å². The smallest absolute Gasteiger partial charge is 0.248 e. The molecule has 0 saturated carbocycles. The van der Waals surface area contributed by atoms with Crippen molar-refractivity contribution >= 4 is 17.5 Å². The van der Waals surface area contributed by atoms with E-state index in [1.54, 1.807) is 24.3 Å². The van der Waals surface area contributed by atoms with E-state index in [4.69, 9.17) is 5.73 Å². The summed E-state index contributed by atoms with van der Waals surface area (Å²) in [4.78, 5) is 23.0. The van der Waals surface area contributed by atoms with Gasteiger partial charge in [0.25, 0.3) is 0 Å². The number of hydrogen-bond donors (Lipinski definition) is 3. The van der Waals surface area contributed by atoms with Gasteiger partial charge in [-0.3, -0.25) is 9.59 Å². The number of rotatable bonds is 3. The van der Waals surface area contributed by atoms with Crippen molar-refractivity contribution in [1.82, 2.24) is 5.32 Å². The highest BCUT2D eigenvalue weighted by Crippen LogP contribution is 2.13. The van der Waals surface area contributed by atoms with Crippen molar-refractivity contribution in [2.75, 3.05) is 11.9 Å². The van der Waals surface area contributed by atoms with Gasteiger partial charge in [-0.2, -0.15) is 0 Å². The van der Waals surface area contributed by atoms with Gasteiger partial charge in [0.15, 0.2) is 0 Å². The number of amides is 2. The molecule has 5 nitrogen and oxygen atoms in total. The summed E-state index contributed by atoms with van der Waals surface area (Å²) in [6.07, 6.45) is 3.02. The van der Waals surface area contributed by atoms with Crippen LogP contribution < -0.4 is 16.4 Å². The van der Waals surface area contributed by atoms with Crippen LogP contribution in [0.2, 0.25) is 0 Å². The Morgan fingerprint density at radius 1 is 1.33 bits per heavy atom. The molecule has 1 aromatic rings. The van der Waals surface area contributed by atoms with Gasteiger partial charge in [0, 0.05) is 11.3 Å². The summed E-state index contributed by atoms with van der Waals surface area (Å²) < 4.78 is 0. The fourth-order valence-electron chi connectivity index (χ4n) is 2.06. The first-order valence-electron chi connectivity index (χ1n) is 6.11. The summed E-state index contributed by atoms with van der Waals surface area (Å²) in [5, 5.41) is 5.97. The minimum atomic E-state index is -0.498. The lowest BCUT2D eigenvalue weighted by molar-refractivity contribution is -0.118. The average Bonchev–Trinajstić information content (AvgIpc) is 2.40. The molecule has 1 heterocycles. The van der Waals surface area contributed by atoms with E-state index < -0.39 is 5.91 Å². The molecular weight excluding hydrogens is 230 g/mol. The standard InChI is InChI=1S/C13H17N3O2/c14-12(17)9-4-3-5-10(8-9)16-13(18)11-6-1-2-7-15-11/h3-5,8,11,15H,1-2,6-7H2,(H2,14,17)(H,16,18). The van der Waals surface area contributed by atoms with Gasteiger partial charge in [-0.05, 0) is 37.6 Å². The lowest BCUT2D eigenvalue weighted by atomic mass is 10.0. The van der Waals surface area contributed by atoms with Gasteiger partial charge in [0.05, 0.1) is 6.04 Å². The summed E-state index contributed by atoms with van der Waals surface area (Å²) in [6, 6.07) is 6.51. The first-order chi connectivity index (χ1) is 8.66. The second-order valence-electron chi connectivity index (χ2n) is 4.44. The van der Waals surface area contributed by atoms with Crippen LogP contribution in [0.25, 0.3) is 0 Å². The van der Waals surface area contributed by atoms with Gasteiger partial charge in [0.1, 0.15) is 0 Å². The maximum Gasteiger partial charge on any atom is 0.248 e. The molecule has 0 aromatic heterocycles. The van der Waals surface area contributed by atoms with Gasteiger partial charge < -0.3 is 16.4 Å². The molecule has 0 radical (unpaired) electrons. The second kappa shape index (κ2) is 5.64. The van der Waals surface area contributed by atoms with Crippen LogP contribution in [0.1, 0.15) is 29.6 Å². The molecule has 4 N–H and O–H groups in total. The fourth-order valence-corrected chi connectivity index (χ4v) is 2.06. The molecule has 1 fully saturated rings. The van der Waals surface area contributed by atoms with Gasteiger partial charge in [-0.15, -0.1) is 0 Å². The van der Waals surface area contributed by atoms with Gasteiger partial charge in [-0.1, -0.05) is 12.5 Å². The maximum absolute atomic E-state index is 12.0. The third kappa shape index (κ3) is 3.07. The van der Waals surface area contributed by atoms with E-state index in [1.807, 2.05) is 0 Å². The normalized spacial score (nSPS) is 19.2. The predicted octanol–water partition coefficient (Wildman–Crippen LogP) is 0.866. The number of carbonyl (C=O) groups is 2. The average molecular weight is 247 g/mol. The lowest BCUT2D eigenvalue weighted by Crippen LogP contribution is -2.43. The topological polar surface area (TPSA) is 84.2 Å². The van der Waals surface area contributed by atoms with E-state index in [-0.39, 0.29) is 11.9 Å². The Balaban J connectivity index is 2.02. The van der Waals surface area contributed by atoms with Crippen molar-refractivity contribution in [3.05, 3.63) is 29.8 Å². The van der Waals surface area contributed by atoms with Gasteiger partial charge >= 0.3 is 0 Å². The summed E-state index contributed by atoms with van der Waals surface area (Å²) in [5.41, 5.74) is 6.19. The largest absolute Gasteiger partial charge is 0.366 e. The highest BCUT2D eigenvalue weighted by Gasteiger charge is 2.20. The molecule has 1 unspecified atom stereocenters. The summed E-state index contributed by atoms with van der Waals surface area (Å²) in [5.74, 6) is -0.557. The summed E-state index contributed by atoms with van der Waals surface area (Å²) in [6.45, 7) is 0.874. The van der Waals surface area contributed by atoms with E-state index in [2.05, 4.69) is 10.6 Å². The first-order valence-corrected chi connectivity index (χ1v) is 6.11. The highest BCUT2D eigenvalue weighted by atomic mass is 16.2. The van der Waals surface area contributed by atoms with Crippen molar-refractivity contribution in [1.29, 1.82) is 0 Å². The molecule has 1 saturated heterocycles. The number of hydrogen-bond acceptors (Lipinski definition) is 3. The number of nitrogens with two attached hydrogens (primary N) is 1. The molecular formula is C13H17N3O2. The number of nitrogens with one attached hydrogen (secondary N) is 2. The van der Waals surface area contributed by atoms with Crippen molar-refractivity contribution < 1.29 is 9.59 Å². The minimum Gasteiger partial charge on any atom is -0.366 e. The van der Waals surface area contributed by atoms with Crippen molar-refractivity contribution in [3.63, 3.8) is 0 Å². The third-order valence-corrected chi connectivity index (χ3v) is 3.04. The maximum atomic E-state index is 12.0. The Kier molecular flexibility index (Phi) is 3.94. The number of anilines is 1. The van der Waals surface area contributed by atoms with Crippen LogP contribution in [0.5, 0.6) is 0 Å². The monoisotopic (exact) mass is 247 g/mol. The van der Waals surface area contributed by atoms with E-state index in [1.165, 1.54) is 0 Å². The van der Waals surface area contributed by atoms with Crippen LogP contribution >= 0.6 is 0 Å². The molecule has 0 aliphatic carbocycles. The number of carbonyl (C=O) groups excluding carboxylic acids is 2. The van der Waals surface area contributed by atoms with Crippen LogP contribution in [0, 0.1) is 0 Å². The molecule has 1 aliphatic heterocycles. The molecule has 1 atom stereocenters. The van der Waals surface area contributed by atoms with Crippen molar-refractivity contribution in [2.24, 2.45) is 5.73 Å². The number of piperidine rings is 1. The van der Waals surface area contributed by atoms with Gasteiger partial charge in [-0.25, -0.2) is 0 Å². The molecule has 0 bridgehead atoms. The highest BCUT2D eigenvalue weighted by molar-refractivity contribution is 5.97. The zero-order valence-electron chi connectivity index (χ0n) is 10.1. The Hall–Kier alpha value is -1.88. The molecule has 18 heavy (non-hydrogen) atoms. The predicted molar refractivity (Wildman–Crippen MR) is 69.2 cm³/mol. The Bertz CT molecular complexity index is 453. The minimum absolute atomic E-state index is 0.0590. The van der Waals surface area contributed by atoms with E-state index in [0.29, 0.717) is 11.3 Å². The van der Waals surface area contributed by atoms with E-state index in [9.17, 15) is 9.59 Å². The van der Waals surface area contributed by atoms with Gasteiger partial charge in [0.2, 0.25) is 11.8 Å². The number of benzene rings is 1. The number of primary amides is 1. The SMILES string of the molecule is NC(=O)c1cccc(NC(=O)C2CCCCN2)c1. The Labute approximate surface area is 106 Å². The van der Waals surface area contributed by atoms with Crippen molar-refractivity contribution in [3.8, 4) is 0 Å². The second-order valence-corrected chi connectivity index (χ2v) is 4.44. The molecule has 96 valence electrons. The summed E-state index contributed by atoms with van der Waals surface area (Å²) in [7, 11) is 0. The van der Waals surface area contributed by atoms with Crippen LogP contribution in [0.3, 0.4) is 0 Å². The van der Waals surface area contributed by atoms with Crippen LogP contribution in [-0.4, -0.2) is 24.4 Å². The van der Waals surface area contributed by atoms with Crippen LogP contribution in [0.15, 0.2) is 24.3 Å². The van der Waals surface area contributed by atoms with Crippen molar-refractivity contribution in [2.45, 2.75) is 25.3 Å². The zero-order valence-corrected chi connectivity index (χ0v) is 10.1. The zero-order chi connectivity index (χ0) is 13.0. The van der Waals surface area contributed by atoms with E-state index in [0.717, 1.165) is 25.8 Å². The molecule has 2 rings (SSSR count). The lowest BCUT2D eigenvalue weighted by Gasteiger charge is -2.22. The first kappa shape index (κ1) is 12.6. The van der Waals surface area contributed by atoms with E-state index >= 15 is 0 Å². The Morgan fingerprint density at radius 3 is 2.83 bits per heavy atom. The molecule has 0 spiro atoms. The quantitative estimate of drug-likeness (QED) is 0.741. The molecule has 5 heteroatoms. The summed E-state index contributed by atoms with van der Waals surface area (Å²) >= 11 is 0. The van der Waals surface area contributed by atoms with Crippen LogP contribution in [-0.2, 0) is 4.79 Å². The molecule has 1 aromatic carbocycles. The fraction of sp³-hybridized carbons (Fsp3) is 0.385. The molecule has 2 amide bonds.